The van der Waals surface area contributed by atoms with Gasteiger partial charge < -0.3 is 5.32 Å². The average molecular weight is 291 g/mol. The summed E-state index contributed by atoms with van der Waals surface area (Å²) in [5, 5.41) is 3.61. The Balaban J connectivity index is 2.20. The molecule has 0 saturated carbocycles. The molecule has 1 nitrogen and oxygen atoms in total. The highest BCUT2D eigenvalue weighted by atomic mass is 32.1. The fourth-order valence-corrected chi connectivity index (χ4v) is 3.52. The van der Waals surface area contributed by atoms with E-state index < -0.39 is 0 Å². The van der Waals surface area contributed by atoms with E-state index in [1.807, 2.05) is 12.1 Å². The van der Waals surface area contributed by atoms with E-state index in [9.17, 15) is 4.39 Å². The smallest absolute Gasteiger partial charge is 0.123 e. The van der Waals surface area contributed by atoms with E-state index in [2.05, 4.69) is 38.2 Å². The van der Waals surface area contributed by atoms with E-state index in [1.54, 1.807) is 11.3 Å². The van der Waals surface area contributed by atoms with Crippen LogP contribution in [0, 0.1) is 11.7 Å². The molecule has 0 bridgehead atoms. The highest BCUT2D eigenvalue weighted by molar-refractivity contribution is 7.15. The second kappa shape index (κ2) is 7.00. The van der Waals surface area contributed by atoms with Crippen LogP contribution in [0.2, 0.25) is 0 Å². The maximum absolute atomic E-state index is 13.0. The molecule has 0 aliphatic heterocycles. The van der Waals surface area contributed by atoms with Crippen LogP contribution in [0.1, 0.15) is 38.1 Å². The lowest BCUT2D eigenvalue weighted by atomic mass is 10.0. The van der Waals surface area contributed by atoms with Crippen molar-refractivity contribution >= 4 is 11.3 Å². The van der Waals surface area contributed by atoms with E-state index in [1.165, 1.54) is 21.9 Å². The number of hydrogen-bond acceptors (Lipinski definition) is 2. The highest BCUT2D eigenvalue weighted by Gasteiger charge is 2.17. The molecule has 108 valence electrons. The third-order valence-corrected chi connectivity index (χ3v) is 4.56. The lowest BCUT2D eigenvalue weighted by Crippen LogP contribution is -2.25. The summed E-state index contributed by atoms with van der Waals surface area (Å²) in [6.07, 6.45) is 1.14. The molecular weight excluding hydrogens is 269 g/mol. The summed E-state index contributed by atoms with van der Waals surface area (Å²) in [6.45, 7) is 7.70. The highest BCUT2D eigenvalue weighted by Crippen LogP contribution is 2.34. The van der Waals surface area contributed by atoms with Crippen LogP contribution in [0.15, 0.2) is 36.4 Å². The average Bonchev–Trinajstić information content (AvgIpc) is 2.89. The predicted molar refractivity (Wildman–Crippen MR) is 85.6 cm³/mol. The SMILES string of the molecule is CCCNC(c1ccc(-c2ccc(F)cc2)s1)C(C)C. The first-order valence-corrected chi connectivity index (χ1v) is 8.02. The van der Waals surface area contributed by atoms with E-state index >= 15 is 0 Å². The summed E-state index contributed by atoms with van der Waals surface area (Å²) in [4.78, 5) is 2.55. The van der Waals surface area contributed by atoms with Gasteiger partial charge in [0.05, 0.1) is 0 Å². The molecule has 0 amide bonds. The molecule has 1 unspecified atom stereocenters. The lowest BCUT2D eigenvalue weighted by Gasteiger charge is -2.20. The van der Waals surface area contributed by atoms with Crippen molar-refractivity contribution < 1.29 is 4.39 Å². The summed E-state index contributed by atoms with van der Waals surface area (Å²) >= 11 is 1.79. The largest absolute Gasteiger partial charge is 0.309 e. The Morgan fingerprint density at radius 2 is 1.80 bits per heavy atom. The number of halogens is 1. The summed E-state index contributed by atoms with van der Waals surface area (Å²) < 4.78 is 13.0. The van der Waals surface area contributed by atoms with Crippen LogP contribution in [0.4, 0.5) is 4.39 Å². The molecule has 3 heteroatoms. The van der Waals surface area contributed by atoms with E-state index in [4.69, 9.17) is 0 Å². The van der Waals surface area contributed by atoms with Crippen molar-refractivity contribution in [2.45, 2.75) is 33.2 Å². The van der Waals surface area contributed by atoms with E-state index in [-0.39, 0.29) is 5.82 Å². The topological polar surface area (TPSA) is 12.0 Å². The zero-order chi connectivity index (χ0) is 14.5. The van der Waals surface area contributed by atoms with Crippen molar-refractivity contribution in [3.8, 4) is 10.4 Å². The van der Waals surface area contributed by atoms with Gasteiger partial charge in [0.25, 0.3) is 0 Å². The molecule has 1 N–H and O–H groups in total. The van der Waals surface area contributed by atoms with E-state index in [0.717, 1.165) is 18.5 Å². The number of hydrogen-bond donors (Lipinski definition) is 1. The van der Waals surface area contributed by atoms with Gasteiger partial charge in [-0.05, 0) is 48.7 Å². The first-order chi connectivity index (χ1) is 9.61. The summed E-state index contributed by atoms with van der Waals surface area (Å²) in [5.41, 5.74) is 1.08. The van der Waals surface area contributed by atoms with Crippen LogP contribution in [-0.4, -0.2) is 6.54 Å². The standard InChI is InChI=1S/C17H22FNS/c1-4-11-19-17(12(2)3)16-10-9-15(20-16)13-5-7-14(18)8-6-13/h5-10,12,17,19H,4,11H2,1-3H3. The zero-order valence-corrected chi connectivity index (χ0v) is 13.1. The van der Waals surface area contributed by atoms with Crippen molar-refractivity contribution in [1.82, 2.24) is 5.32 Å². The second-order valence-electron chi connectivity index (χ2n) is 5.38. The summed E-state index contributed by atoms with van der Waals surface area (Å²) in [6, 6.07) is 11.4. The Labute approximate surface area is 124 Å². The Morgan fingerprint density at radius 1 is 1.10 bits per heavy atom. The number of thiophene rings is 1. The van der Waals surface area contributed by atoms with Gasteiger partial charge >= 0.3 is 0 Å². The molecular formula is C17H22FNS. The lowest BCUT2D eigenvalue weighted by molar-refractivity contribution is 0.418. The number of rotatable bonds is 6. The van der Waals surface area contributed by atoms with Gasteiger partial charge in [-0.1, -0.05) is 32.9 Å². The number of benzene rings is 1. The van der Waals surface area contributed by atoms with Gasteiger partial charge in [0.1, 0.15) is 5.82 Å². The minimum Gasteiger partial charge on any atom is -0.309 e. The van der Waals surface area contributed by atoms with Crippen molar-refractivity contribution in [2.24, 2.45) is 5.92 Å². The van der Waals surface area contributed by atoms with Gasteiger partial charge in [0, 0.05) is 15.8 Å². The predicted octanol–water partition coefficient (Wildman–Crippen LogP) is 5.25. The minimum atomic E-state index is -0.185. The van der Waals surface area contributed by atoms with Gasteiger partial charge in [-0.25, -0.2) is 4.39 Å². The van der Waals surface area contributed by atoms with Crippen LogP contribution in [0.25, 0.3) is 10.4 Å². The van der Waals surface area contributed by atoms with Gasteiger partial charge in [-0.15, -0.1) is 11.3 Å². The Kier molecular flexibility index (Phi) is 5.32. The van der Waals surface area contributed by atoms with Crippen LogP contribution in [0.3, 0.4) is 0 Å². The Morgan fingerprint density at radius 3 is 2.40 bits per heavy atom. The fourth-order valence-electron chi connectivity index (χ4n) is 2.25. The molecule has 0 aliphatic carbocycles. The fraction of sp³-hybridized carbons (Fsp3) is 0.412. The maximum Gasteiger partial charge on any atom is 0.123 e. The molecule has 0 aliphatic rings. The zero-order valence-electron chi connectivity index (χ0n) is 12.3. The summed E-state index contributed by atoms with van der Waals surface area (Å²) in [5.74, 6) is 0.372. The molecule has 2 rings (SSSR count). The van der Waals surface area contributed by atoms with Crippen LogP contribution < -0.4 is 5.32 Å². The molecule has 0 saturated heterocycles. The minimum absolute atomic E-state index is 0.185. The van der Waals surface area contributed by atoms with Crippen molar-refractivity contribution in [2.75, 3.05) is 6.54 Å². The normalized spacial score (nSPS) is 12.8. The van der Waals surface area contributed by atoms with Crippen molar-refractivity contribution in [1.29, 1.82) is 0 Å². The third kappa shape index (κ3) is 3.68. The molecule has 20 heavy (non-hydrogen) atoms. The molecule has 1 atom stereocenters. The molecule has 0 spiro atoms. The molecule has 2 aromatic rings. The summed E-state index contributed by atoms with van der Waals surface area (Å²) in [7, 11) is 0. The van der Waals surface area contributed by atoms with Crippen LogP contribution in [-0.2, 0) is 0 Å². The molecule has 1 aromatic carbocycles. The second-order valence-corrected chi connectivity index (χ2v) is 6.50. The maximum atomic E-state index is 13.0. The van der Waals surface area contributed by atoms with Crippen LogP contribution >= 0.6 is 11.3 Å². The quantitative estimate of drug-likeness (QED) is 0.766. The Hall–Kier alpha value is -1.19. The first-order valence-electron chi connectivity index (χ1n) is 7.21. The van der Waals surface area contributed by atoms with Crippen molar-refractivity contribution in [3.63, 3.8) is 0 Å². The Bertz CT molecular complexity index is 530. The van der Waals surface area contributed by atoms with Crippen molar-refractivity contribution in [3.05, 3.63) is 47.1 Å². The van der Waals surface area contributed by atoms with Gasteiger partial charge in [-0.3, -0.25) is 0 Å². The van der Waals surface area contributed by atoms with Crippen LogP contribution in [0.5, 0.6) is 0 Å². The first kappa shape index (κ1) is 15.2. The van der Waals surface area contributed by atoms with Gasteiger partial charge in [-0.2, -0.15) is 0 Å². The third-order valence-electron chi connectivity index (χ3n) is 3.34. The van der Waals surface area contributed by atoms with Gasteiger partial charge in [0.2, 0.25) is 0 Å². The monoisotopic (exact) mass is 291 g/mol. The van der Waals surface area contributed by atoms with Gasteiger partial charge in [0.15, 0.2) is 0 Å². The molecule has 0 fully saturated rings. The van der Waals surface area contributed by atoms with E-state index in [0.29, 0.717) is 12.0 Å². The molecule has 0 radical (unpaired) electrons. The molecule has 1 heterocycles. The molecule has 1 aromatic heterocycles. The number of nitrogens with one attached hydrogen (secondary N) is 1.